The van der Waals surface area contributed by atoms with Crippen molar-refractivity contribution in [1.82, 2.24) is 24.7 Å². The SMILES string of the molecule is COc1ccc(C(CN2CCN(C)CC2)NC(=O)Cn2cnc3scc(-c4ccc(C)cc4)c3c2=O)cc1. The molecule has 1 atom stereocenters. The minimum atomic E-state index is -0.227. The minimum Gasteiger partial charge on any atom is -0.497 e. The molecular formula is C29H33N5O3S. The van der Waals surface area contributed by atoms with Crippen LogP contribution < -0.4 is 15.6 Å². The molecule has 0 spiro atoms. The third-order valence-electron chi connectivity index (χ3n) is 7.13. The molecule has 5 rings (SSSR count). The predicted octanol–water partition coefficient (Wildman–Crippen LogP) is 3.55. The van der Waals surface area contributed by atoms with E-state index < -0.39 is 0 Å². The number of nitrogens with zero attached hydrogens (tertiary/aromatic N) is 4. The molecule has 1 unspecified atom stereocenters. The quantitative estimate of drug-likeness (QED) is 0.375. The summed E-state index contributed by atoms with van der Waals surface area (Å²) in [6.45, 7) is 6.51. The van der Waals surface area contributed by atoms with Crippen molar-refractivity contribution in [3.05, 3.63) is 81.7 Å². The number of nitrogens with one attached hydrogen (secondary N) is 1. The van der Waals surface area contributed by atoms with Gasteiger partial charge in [0.25, 0.3) is 5.56 Å². The maximum Gasteiger partial charge on any atom is 0.263 e. The van der Waals surface area contributed by atoms with Crippen LogP contribution >= 0.6 is 11.3 Å². The molecule has 1 aliphatic heterocycles. The monoisotopic (exact) mass is 531 g/mol. The standard InChI is InChI=1S/C29H33N5O3S/c1-20-4-6-21(7-5-20)24-18-38-28-27(24)29(36)34(19-30-28)17-26(35)31-25(16-33-14-12-32(2)13-15-33)22-8-10-23(37-3)11-9-22/h4-11,18-19,25H,12-17H2,1-3H3,(H,31,35). The zero-order valence-electron chi connectivity index (χ0n) is 22.0. The van der Waals surface area contributed by atoms with E-state index in [1.165, 1.54) is 22.2 Å². The zero-order valence-corrected chi connectivity index (χ0v) is 22.8. The Morgan fingerprint density at radius 3 is 2.47 bits per heavy atom. The van der Waals surface area contributed by atoms with Crippen LogP contribution in [0, 0.1) is 6.92 Å². The fraction of sp³-hybridized carbons (Fsp3) is 0.345. The summed E-state index contributed by atoms with van der Waals surface area (Å²) < 4.78 is 6.72. The van der Waals surface area contributed by atoms with Crippen LogP contribution in [0.3, 0.4) is 0 Å². The molecule has 1 saturated heterocycles. The number of piperazine rings is 1. The predicted molar refractivity (Wildman–Crippen MR) is 152 cm³/mol. The summed E-state index contributed by atoms with van der Waals surface area (Å²) in [6, 6.07) is 15.7. The number of carbonyl (C=O) groups is 1. The van der Waals surface area contributed by atoms with Gasteiger partial charge in [-0.2, -0.15) is 0 Å². The average molecular weight is 532 g/mol. The van der Waals surface area contributed by atoms with Gasteiger partial charge in [0.1, 0.15) is 17.1 Å². The van der Waals surface area contributed by atoms with Crippen LogP contribution in [0.2, 0.25) is 0 Å². The van der Waals surface area contributed by atoms with Crippen molar-refractivity contribution < 1.29 is 9.53 Å². The number of aromatic nitrogens is 2. The van der Waals surface area contributed by atoms with Crippen LogP contribution in [0.5, 0.6) is 5.75 Å². The number of hydrogen-bond donors (Lipinski definition) is 1. The lowest BCUT2D eigenvalue weighted by Gasteiger charge is -2.35. The van der Waals surface area contributed by atoms with Gasteiger partial charge in [0.2, 0.25) is 5.91 Å². The van der Waals surface area contributed by atoms with Crippen molar-refractivity contribution >= 4 is 27.5 Å². The first-order valence-corrected chi connectivity index (χ1v) is 13.7. The van der Waals surface area contributed by atoms with Crippen molar-refractivity contribution in [2.45, 2.75) is 19.5 Å². The first kappa shape index (κ1) is 26.1. The fourth-order valence-corrected chi connectivity index (χ4v) is 5.69. The molecular weight excluding hydrogens is 498 g/mol. The summed E-state index contributed by atoms with van der Waals surface area (Å²) in [7, 11) is 3.76. The normalized spacial score (nSPS) is 15.4. The Labute approximate surface area is 226 Å². The second kappa shape index (κ2) is 11.5. The lowest BCUT2D eigenvalue weighted by Crippen LogP contribution is -2.48. The summed E-state index contributed by atoms with van der Waals surface area (Å²) in [5.41, 5.74) is 3.77. The lowest BCUT2D eigenvalue weighted by atomic mass is 10.0. The van der Waals surface area contributed by atoms with Crippen LogP contribution in [0.15, 0.2) is 65.0 Å². The molecule has 9 heteroatoms. The summed E-state index contributed by atoms with van der Waals surface area (Å²) in [6.07, 6.45) is 1.47. The molecule has 4 aromatic rings. The first-order chi connectivity index (χ1) is 18.4. The number of rotatable bonds is 8. The number of hydrogen-bond acceptors (Lipinski definition) is 7. The number of carbonyl (C=O) groups excluding carboxylic acids is 1. The largest absolute Gasteiger partial charge is 0.497 e. The number of benzene rings is 2. The molecule has 0 radical (unpaired) electrons. The molecule has 8 nitrogen and oxygen atoms in total. The number of methoxy groups -OCH3 is 1. The third kappa shape index (κ3) is 5.80. The second-order valence-electron chi connectivity index (χ2n) is 9.87. The first-order valence-electron chi connectivity index (χ1n) is 12.8. The number of likely N-dealkylation sites (N-methyl/N-ethyl adjacent to an activating group) is 1. The molecule has 1 aliphatic rings. The molecule has 0 bridgehead atoms. The van der Waals surface area contributed by atoms with Crippen LogP contribution in [-0.4, -0.2) is 72.1 Å². The Kier molecular flexibility index (Phi) is 7.87. The smallest absolute Gasteiger partial charge is 0.263 e. The molecule has 2 aromatic carbocycles. The van der Waals surface area contributed by atoms with Gasteiger partial charge in [-0.3, -0.25) is 19.1 Å². The van der Waals surface area contributed by atoms with Crippen molar-refractivity contribution in [2.75, 3.05) is 46.9 Å². The second-order valence-corrected chi connectivity index (χ2v) is 10.7. The van der Waals surface area contributed by atoms with Gasteiger partial charge in [0.15, 0.2) is 0 Å². The summed E-state index contributed by atoms with van der Waals surface area (Å²) >= 11 is 1.44. The Morgan fingerprint density at radius 1 is 1.08 bits per heavy atom. The molecule has 198 valence electrons. The van der Waals surface area contributed by atoms with Crippen molar-refractivity contribution in [2.24, 2.45) is 0 Å². The van der Waals surface area contributed by atoms with Gasteiger partial charge < -0.3 is 15.0 Å². The van der Waals surface area contributed by atoms with Gasteiger partial charge in [-0.1, -0.05) is 42.0 Å². The van der Waals surface area contributed by atoms with E-state index in [0.29, 0.717) is 16.8 Å². The van der Waals surface area contributed by atoms with E-state index in [1.807, 2.05) is 60.8 Å². The van der Waals surface area contributed by atoms with E-state index in [1.54, 1.807) is 7.11 Å². The Bertz CT molecular complexity index is 1450. The number of amides is 1. The van der Waals surface area contributed by atoms with E-state index in [4.69, 9.17) is 4.74 Å². The summed E-state index contributed by atoms with van der Waals surface area (Å²) in [5.74, 6) is 0.541. The van der Waals surface area contributed by atoms with Gasteiger partial charge in [-0.05, 0) is 37.2 Å². The highest BCUT2D eigenvalue weighted by atomic mass is 32.1. The summed E-state index contributed by atoms with van der Waals surface area (Å²) in [4.78, 5) is 36.6. The molecule has 0 saturated carbocycles. The van der Waals surface area contributed by atoms with Gasteiger partial charge in [-0.15, -0.1) is 11.3 Å². The number of fused-ring (bicyclic) bond motifs is 1. The molecule has 38 heavy (non-hydrogen) atoms. The van der Waals surface area contributed by atoms with E-state index >= 15 is 0 Å². The van der Waals surface area contributed by atoms with E-state index in [2.05, 4.69) is 27.1 Å². The van der Waals surface area contributed by atoms with Gasteiger partial charge in [0.05, 0.1) is 24.9 Å². The minimum absolute atomic E-state index is 0.0969. The van der Waals surface area contributed by atoms with Crippen LogP contribution in [0.25, 0.3) is 21.3 Å². The van der Waals surface area contributed by atoms with E-state index in [-0.39, 0.29) is 24.1 Å². The number of ether oxygens (including phenoxy) is 1. The molecule has 0 aliphatic carbocycles. The highest BCUT2D eigenvalue weighted by Crippen LogP contribution is 2.30. The Morgan fingerprint density at radius 2 is 1.79 bits per heavy atom. The molecule has 2 aromatic heterocycles. The molecule has 1 fully saturated rings. The van der Waals surface area contributed by atoms with Gasteiger partial charge in [-0.25, -0.2) is 4.98 Å². The van der Waals surface area contributed by atoms with Crippen LogP contribution in [0.1, 0.15) is 17.2 Å². The zero-order chi connectivity index (χ0) is 26.6. The van der Waals surface area contributed by atoms with Crippen molar-refractivity contribution in [1.29, 1.82) is 0 Å². The highest BCUT2D eigenvalue weighted by Gasteiger charge is 2.22. The van der Waals surface area contributed by atoms with Crippen molar-refractivity contribution in [3.8, 4) is 16.9 Å². The Hall–Kier alpha value is -3.53. The fourth-order valence-electron chi connectivity index (χ4n) is 4.78. The van der Waals surface area contributed by atoms with Gasteiger partial charge >= 0.3 is 0 Å². The van der Waals surface area contributed by atoms with Crippen molar-refractivity contribution in [3.63, 3.8) is 0 Å². The lowest BCUT2D eigenvalue weighted by molar-refractivity contribution is -0.122. The molecule has 1 N–H and O–H groups in total. The maximum atomic E-state index is 13.5. The number of thiophene rings is 1. The van der Waals surface area contributed by atoms with Gasteiger partial charge in [0, 0.05) is 43.7 Å². The molecule has 1 amide bonds. The van der Waals surface area contributed by atoms with E-state index in [9.17, 15) is 9.59 Å². The molecule has 3 heterocycles. The van der Waals surface area contributed by atoms with Crippen LogP contribution in [-0.2, 0) is 11.3 Å². The number of aryl methyl sites for hydroxylation is 1. The van der Waals surface area contributed by atoms with Crippen LogP contribution in [0.4, 0.5) is 0 Å². The summed E-state index contributed by atoms with van der Waals surface area (Å²) in [5, 5.41) is 5.70. The topological polar surface area (TPSA) is 79.7 Å². The Balaban J connectivity index is 1.37. The maximum absolute atomic E-state index is 13.5. The third-order valence-corrected chi connectivity index (χ3v) is 8.01. The highest BCUT2D eigenvalue weighted by molar-refractivity contribution is 7.17. The van der Waals surface area contributed by atoms with E-state index in [0.717, 1.165) is 54.2 Å². The average Bonchev–Trinajstić information content (AvgIpc) is 3.36.